The van der Waals surface area contributed by atoms with E-state index in [1.165, 1.54) is 0 Å². The van der Waals surface area contributed by atoms with Gasteiger partial charge in [0, 0.05) is 18.4 Å². The highest BCUT2D eigenvalue weighted by atomic mass is 79.9. The molecule has 2 rings (SSSR count). The Morgan fingerprint density at radius 1 is 1.31 bits per heavy atom. The van der Waals surface area contributed by atoms with E-state index in [-0.39, 0.29) is 10.7 Å². The van der Waals surface area contributed by atoms with Crippen molar-refractivity contribution in [3.05, 3.63) is 61.5 Å². The van der Waals surface area contributed by atoms with Crippen LogP contribution in [0.2, 0.25) is 0 Å². The monoisotopic (exact) mass is 478 g/mol. The second kappa shape index (κ2) is 10.2. The minimum Gasteiger partial charge on any atom is -0.490 e. The number of pyridine rings is 1. The molecule has 0 radical (unpaired) electrons. The third kappa shape index (κ3) is 5.63. The standard InChI is InChI=1S/C19H19BrN4O4S/c1-11-8-12(2)24(18(26)14(11)10-21)23-19(29)22-17(25)13-4-5-16(15(20)9-13)28-7-6-27-3/h4-5,8-9H,6-7H2,1-3H3,(H2,22,23,25,29). The summed E-state index contributed by atoms with van der Waals surface area (Å²) in [6, 6.07) is 8.38. The van der Waals surface area contributed by atoms with Gasteiger partial charge >= 0.3 is 0 Å². The largest absolute Gasteiger partial charge is 0.490 e. The van der Waals surface area contributed by atoms with E-state index in [0.29, 0.717) is 40.3 Å². The Morgan fingerprint density at radius 2 is 2.03 bits per heavy atom. The summed E-state index contributed by atoms with van der Waals surface area (Å²) in [7, 11) is 1.58. The van der Waals surface area contributed by atoms with Gasteiger partial charge < -0.3 is 9.47 Å². The average molecular weight is 479 g/mol. The van der Waals surface area contributed by atoms with Crippen molar-refractivity contribution in [2.24, 2.45) is 0 Å². The number of carbonyl (C=O) groups is 1. The minimum atomic E-state index is -0.540. The highest BCUT2D eigenvalue weighted by Gasteiger charge is 2.14. The van der Waals surface area contributed by atoms with Crippen LogP contribution in [0.5, 0.6) is 5.75 Å². The van der Waals surface area contributed by atoms with Crippen molar-refractivity contribution in [3.8, 4) is 11.8 Å². The Balaban J connectivity index is 2.10. The summed E-state index contributed by atoms with van der Waals surface area (Å²) in [6.45, 7) is 4.19. The van der Waals surface area contributed by atoms with Gasteiger partial charge in [0.2, 0.25) is 0 Å². The third-order valence-electron chi connectivity index (χ3n) is 3.88. The van der Waals surface area contributed by atoms with Gasteiger partial charge in [0.15, 0.2) is 5.11 Å². The quantitative estimate of drug-likeness (QED) is 0.484. The Hall–Kier alpha value is -2.74. The molecule has 29 heavy (non-hydrogen) atoms. The van der Waals surface area contributed by atoms with Gasteiger partial charge in [0.25, 0.3) is 11.5 Å². The number of benzene rings is 1. The molecule has 1 aromatic carbocycles. The number of nitrogens with one attached hydrogen (secondary N) is 2. The van der Waals surface area contributed by atoms with E-state index in [2.05, 4.69) is 26.7 Å². The zero-order valence-corrected chi connectivity index (χ0v) is 18.4. The molecule has 0 saturated heterocycles. The maximum atomic E-state index is 12.5. The molecule has 0 fully saturated rings. The number of thiocarbonyl (C=S) groups is 1. The highest BCUT2D eigenvalue weighted by molar-refractivity contribution is 9.10. The van der Waals surface area contributed by atoms with Crippen LogP contribution < -0.4 is 21.0 Å². The summed E-state index contributed by atoms with van der Waals surface area (Å²) in [6.07, 6.45) is 0. The summed E-state index contributed by atoms with van der Waals surface area (Å²) in [4.78, 5) is 24.9. The lowest BCUT2D eigenvalue weighted by Crippen LogP contribution is -2.43. The number of aromatic nitrogens is 1. The minimum absolute atomic E-state index is 0.00483. The fourth-order valence-corrected chi connectivity index (χ4v) is 3.14. The van der Waals surface area contributed by atoms with Crippen LogP contribution in [0.25, 0.3) is 0 Å². The first-order valence-corrected chi connectivity index (χ1v) is 9.65. The van der Waals surface area contributed by atoms with Crippen LogP contribution in [0.1, 0.15) is 27.2 Å². The number of hydrogen-bond donors (Lipinski definition) is 2. The topological polar surface area (TPSA) is 105 Å². The number of rotatable bonds is 6. The highest BCUT2D eigenvalue weighted by Crippen LogP contribution is 2.26. The van der Waals surface area contributed by atoms with Gasteiger partial charge in [-0.05, 0) is 71.8 Å². The Morgan fingerprint density at radius 3 is 2.66 bits per heavy atom. The first-order chi connectivity index (χ1) is 13.8. The Labute approximate surface area is 181 Å². The summed E-state index contributed by atoms with van der Waals surface area (Å²) in [5.74, 6) is 0.107. The van der Waals surface area contributed by atoms with Crippen LogP contribution in [0.4, 0.5) is 0 Å². The summed E-state index contributed by atoms with van der Waals surface area (Å²) in [5, 5.41) is 11.6. The molecule has 0 aliphatic carbocycles. The van der Waals surface area contributed by atoms with Crippen LogP contribution in [0.15, 0.2) is 33.5 Å². The number of ether oxygens (including phenoxy) is 2. The average Bonchev–Trinajstić information content (AvgIpc) is 2.66. The molecule has 0 spiro atoms. The fraction of sp³-hybridized carbons (Fsp3) is 0.263. The molecule has 2 N–H and O–H groups in total. The number of carbonyl (C=O) groups excluding carboxylic acids is 1. The Kier molecular flexibility index (Phi) is 7.90. The van der Waals surface area contributed by atoms with Gasteiger partial charge in [-0.15, -0.1) is 0 Å². The van der Waals surface area contributed by atoms with Crippen LogP contribution in [-0.4, -0.2) is 36.0 Å². The second-order valence-electron chi connectivity index (χ2n) is 5.98. The van der Waals surface area contributed by atoms with E-state index in [1.54, 1.807) is 45.2 Å². The van der Waals surface area contributed by atoms with E-state index >= 15 is 0 Å². The van der Waals surface area contributed by atoms with Gasteiger partial charge in [-0.2, -0.15) is 5.26 Å². The molecule has 0 unspecified atom stereocenters. The first kappa shape index (κ1) is 22.5. The number of methoxy groups -OCH3 is 1. The van der Waals surface area contributed by atoms with Gasteiger partial charge in [0.1, 0.15) is 24.0 Å². The smallest absolute Gasteiger partial charge is 0.287 e. The zero-order valence-electron chi connectivity index (χ0n) is 16.0. The molecule has 2 aromatic rings. The second-order valence-corrected chi connectivity index (χ2v) is 7.24. The van der Waals surface area contributed by atoms with Crippen molar-refractivity contribution in [2.75, 3.05) is 25.7 Å². The summed E-state index contributed by atoms with van der Waals surface area (Å²) in [5.41, 5.74) is 3.56. The summed E-state index contributed by atoms with van der Waals surface area (Å²) >= 11 is 8.50. The molecular weight excluding hydrogens is 460 g/mol. The van der Waals surface area contributed by atoms with Crippen LogP contribution >= 0.6 is 28.1 Å². The number of nitriles is 1. The molecule has 8 nitrogen and oxygen atoms in total. The maximum absolute atomic E-state index is 12.5. The molecule has 1 amide bonds. The lowest BCUT2D eigenvalue weighted by molar-refractivity contribution is 0.0977. The molecule has 0 saturated carbocycles. The van der Waals surface area contributed by atoms with Crippen LogP contribution in [0, 0.1) is 25.2 Å². The predicted molar refractivity (Wildman–Crippen MR) is 116 cm³/mol. The number of aryl methyl sites for hydroxylation is 2. The lowest BCUT2D eigenvalue weighted by Gasteiger charge is -2.15. The van der Waals surface area contributed by atoms with Gasteiger partial charge in [-0.3, -0.25) is 20.3 Å². The van der Waals surface area contributed by atoms with E-state index in [4.69, 9.17) is 27.0 Å². The fourth-order valence-electron chi connectivity index (χ4n) is 2.46. The molecule has 0 aliphatic heterocycles. The van der Waals surface area contributed by atoms with Crippen molar-refractivity contribution >= 4 is 39.2 Å². The number of amides is 1. The van der Waals surface area contributed by atoms with E-state index in [0.717, 1.165) is 4.68 Å². The molecular formula is C19H19BrN4O4S. The van der Waals surface area contributed by atoms with Crippen molar-refractivity contribution in [2.45, 2.75) is 13.8 Å². The normalized spacial score (nSPS) is 10.2. The van der Waals surface area contributed by atoms with Crippen LogP contribution in [-0.2, 0) is 4.74 Å². The molecule has 152 valence electrons. The molecule has 10 heteroatoms. The SMILES string of the molecule is COCCOc1ccc(C(=O)NC(=S)Nn2c(C)cc(C)c(C#N)c2=O)cc1Br. The zero-order chi connectivity index (χ0) is 21.6. The van der Waals surface area contributed by atoms with Gasteiger partial charge in [-0.1, -0.05) is 0 Å². The van der Waals surface area contributed by atoms with Gasteiger partial charge in [-0.25, -0.2) is 4.68 Å². The molecule has 0 bridgehead atoms. The molecule has 1 heterocycles. The lowest BCUT2D eigenvalue weighted by atomic mass is 10.1. The molecule has 0 atom stereocenters. The van der Waals surface area contributed by atoms with E-state index in [1.807, 2.05) is 6.07 Å². The number of hydrogen-bond acceptors (Lipinski definition) is 6. The number of nitrogens with zero attached hydrogens (tertiary/aromatic N) is 2. The van der Waals surface area contributed by atoms with Crippen molar-refractivity contribution in [3.63, 3.8) is 0 Å². The van der Waals surface area contributed by atoms with Crippen molar-refractivity contribution in [1.29, 1.82) is 5.26 Å². The third-order valence-corrected chi connectivity index (χ3v) is 4.69. The maximum Gasteiger partial charge on any atom is 0.287 e. The predicted octanol–water partition coefficient (Wildman–Crippen LogP) is 2.38. The molecule has 1 aromatic heterocycles. The van der Waals surface area contributed by atoms with E-state index in [9.17, 15) is 9.59 Å². The first-order valence-electron chi connectivity index (χ1n) is 8.45. The number of halogens is 1. The molecule has 0 aliphatic rings. The summed E-state index contributed by atoms with van der Waals surface area (Å²) < 4.78 is 12.2. The van der Waals surface area contributed by atoms with E-state index < -0.39 is 11.5 Å². The van der Waals surface area contributed by atoms with Crippen LogP contribution in [0.3, 0.4) is 0 Å². The van der Waals surface area contributed by atoms with Gasteiger partial charge in [0.05, 0.1) is 11.1 Å². The Bertz CT molecular complexity index is 1050. The van der Waals surface area contributed by atoms with Crippen molar-refractivity contribution in [1.82, 2.24) is 9.99 Å². The van der Waals surface area contributed by atoms with Crippen molar-refractivity contribution < 1.29 is 14.3 Å².